The number of aryl methyl sites for hydroxylation is 1. The predicted octanol–water partition coefficient (Wildman–Crippen LogP) is 0.974. The van der Waals surface area contributed by atoms with Gasteiger partial charge >= 0.3 is 5.69 Å². The molecule has 130 valence electrons. The highest BCUT2D eigenvalue weighted by Gasteiger charge is 2.19. The first-order valence-corrected chi connectivity index (χ1v) is 7.96. The number of rotatable bonds is 3. The minimum absolute atomic E-state index is 0.130. The van der Waals surface area contributed by atoms with Gasteiger partial charge in [0, 0.05) is 19.8 Å². The smallest absolute Gasteiger partial charge is 0.325 e. The van der Waals surface area contributed by atoms with E-state index in [0.717, 1.165) is 4.57 Å². The lowest BCUT2D eigenvalue weighted by molar-refractivity contribution is -0.116. The van der Waals surface area contributed by atoms with E-state index < -0.39 is 23.0 Å². The Morgan fingerprint density at radius 1 is 1.20 bits per heavy atom. The molecule has 0 saturated carbocycles. The number of amides is 1. The highest BCUT2D eigenvalue weighted by atomic mass is 79.9. The molecule has 0 unspecified atom stereocenters. The van der Waals surface area contributed by atoms with Gasteiger partial charge in [-0.15, -0.1) is 0 Å². The predicted molar refractivity (Wildman–Crippen MR) is 92.9 cm³/mol. The molecule has 0 radical (unpaired) electrons. The minimum atomic E-state index is -0.550. The summed E-state index contributed by atoms with van der Waals surface area (Å²) in [6, 6.07) is 5.31. The van der Waals surface area contributed by atoms with Crippen LogP contribution in [0.3, 0.4) is 0 Å². The largest absolute Gasteiger partial charge is 0.332 e. The maximum Gasteiger partial charge on any atom is 0.332 e. The Morgan fingerprint density at radius 2 is 1.84 bits per heavy atom. The van der Waals surface area contributed by atoms with Gasteiger partial charge in [0.15, 0.2) is 15.9 Å². The van der Waals surface area contributed by atoms with Crippen LogP contribution < -0.4 is 16.6 Å². The molecule has 0 atom stereocenters. The Morgan fingerprint density at radius 3 is 2.48 bits per heavy atom. The van der Waals surface area contributed by atoms with E-state index in [1.54, 1.807) is 0 Å². The third kappa shape index (κ3) is 3.00. The van der Waals surface area contributed by atoms with Gasteiger partial charge in [-0.3, -0.25) is 18.7 Å². The van der Waals surface area contributed by atoms with Crippen LogP contribution in [-0.4, -0.2) is 24.6 Å². The maximum absolute atomic E-state index is 12.9. The molecule has 1 N–H and O–H groups in total. The molecule has 3 aromatic rings. The van der Waals surface area contributed by atoms with Crippen molar-refractivity contribution in [1.29, 1.82) is 0 Å². The van der Waals surface area contributed by atoms with Gasteiger partial charge in [0.1, 0.15) is 12.4 Å². The summed E-state index contributed by atoms with van der Waals surface area (Å²) in [6.07, 6.45) is 0. The highest BCUT2D eigenvalue weighted by molar-refractivity contribution is 9.10. The van der Waals surface area contributed by atoms with E-state index in [1.165, 1.54) is 47.5 Å². The zero-order valence-corrected chi connectivity index (χ0v) is 14.9. The van der Waals surface area contributed by atoms with Gasteiger partial charge in [-0.25, -0.2) is 14.2 Å². The fourth-order valence-corrected chi connectivity index (χ4v) is 2.91. The molecule has 0 fully saturated rings. The van der Waals surface area contributed by atoms with Gasteiger partial charge in [-0.1, -0.05) is 0 Å². The van der Waals surface area contributed by atoms with E-state index in [2.05, 4.69) is 26.2 Å². The lowest BCUT2D eigenvalue weighted by Crippen LogP contribution is -2.37. The number of imidazole rings is 1. The van der Waals surface area contributed by atoms with Crippen molar-refractivity contribution >= 4 is 38.7 Å². The summed E-state index contributed by atoms with van der Waals surface area (Å²) in [6.45, 7) is -0.206. The number of nitrogens with zero attached hydrogens (tertiary/aromatic N) is 4. The molecule has 0 aliphatic rings. The first kappa shape index (κ1) is 17.1. The van der Waals surface area contributed by atoms with Crippen molar-refractivity contribution in [3.8, 4) is 0 Å². The Bertz CT molecular complexity index is 1100. The summed E-state index contributed by atoms with van der Waals surface area (Å²) in [5.41, 5.74) is -0.330. The third-order valence-electron chi connectivity index (χ3n) is 3.73. The zero-order chi connectivity index (χ0) is 18.3. The molecule has 0 spiro atoms. The molecule has 1 amide bonds. The summed E-state index contributed by atoms with van der Waals surface area (Å²) in [7, 11) is 2.85. The van der Waals surface area contributed by atoms with Gasteiger partial charge in [0.05, 0.1) is 0 Å². The summed E-state index contributed by atoms with van der Waals surface area (Å²) in [5.74, 6) is -0.840. The molecule has 0 bridgehead atoms. The summed E-state index contributed by atoms with van der Waals surface area (Å²) < 4.78 is 16.7. The third-order valence-corrected chi connectivity index (χ3v) is 4.34. The zero-order valence-electron chi connectivity index (χ0n) is 13.3. The van der Waals surface area contributed by atoms with Gasteiger partial charge in [-0.2, -0.15) is 0 Å². The SMILES string of the molecule is Cn1c(=O)c2c(nc(Br)n2CC(=O)Nc2ccc(F)cc2)n(C)c1=O. The number of benzene rings is 1. The molecule has 0 saturated heterocycles. The average Bonchev–Trinajstić information content (AvgIpc) is 2.90. The van der Waals surface area contributed by atoms with Crippen molar-refractivity contribution in [2.45, 2.75) is 6.54 Å². The van der Waals surface area contributed by atoms with Gasteiger partial charge < -0.3 is 9.88 Å². The van der Waals surface area contributed by atoms with E-state index in [4.69, 9.17) is 0 Å². The molecular weight excluding hydrogens is 397 g/mol. The number of fused-ring (bicyclic) bond motifs is 1. The van der Waals surface area contributed by atoms with Crippen molar-refractivity contribution in [2.24, 2.45) is 14.1 Å². The van der Waals surface area contributed by atoms with E-state index in [1.807, 2.05) is 0 Å². The Hall–Kier alpha value is -2.75. The molecule has 0 aliphatic heterocycles. The Balaban J connectivity index is 2.00. The average molecular weight is 410 g/mol. The summed E-state index contributed by atoms with van der Waals surface area (Å²) >= 11 is 3.21. The summed E-state index contributed by atoms with van der Waals surface area (Å²) in [5, 5.41) is 2.61. The fourth-order valence-electron chi connectivity index (χ4n) is 2.44. The second-order valence-electron chi connectivity index (χ2n) is 5.40. The van der Waals surface area contributed by atoms with Crippen LogP contribution in [0.15, 0.2) is 38.6 Å². The second-order valence-corrected chi connectivity index (χ2v) is 6.11. The fraction of sp³-hybridized carbons (Fsp3) is 0.200. The second kappa shape index (κ2) is 6.28. The number of carbonyl (C=O) groups excluding carboxylic acids is 1. The van der Waals surface area contributed by atoms with Crippen LogP contribution in [0.5, 0.6) is 0 Å². The topological polar surface area (TPSA) is 90.9 Å². The van der Waals surface area contributed by atoms with Crippen molar-refractivity contribution in [2.75, 3.05) is 5.32 Å². The highest BCUT2D eigenvalue weighted by Crippen LogP contribution is 2.16. The number of hydrogen-bond donors (Lipinski definition) is 1. The molecule has 10 heteroatoms. The van der Waals surface area contributed by atoms with Crippen LogP contribution in [-0.2, 0) is 25.4 Å². The van der Waals surface area contributed by atoms with Crippen molar-refractivity contribution in [3.63, 3.8) is 0 Å². The minimum Gasteiger partial charge on any atom is -0.325 e. The van der Waals surface area contributed by atoms with Crippen LogP contribution in [0.1, 0.15) is 0 Å². The number of halogens is 2. The van der Waals surface area contributed by atoms with Gasteiger partial charge in [0.25, 0.3) is 5.56 Å². The molecule has 2 aromatic heterocycles. The number of carbonyl (C=O) groups is 1. The van der Waals surface area contributed by atoms with Crippen molar-refractivity contribution < 1.29 is 9.18 Å². The molecular formula is C15H13BrFN5O3. The van der Waals surface area contributed by atoms with E-state index in [-0.39, 0.29) is 22.4 Å². The van der Waals surface area contributed by atoms with Crippen LogP contribution in [0.4, 0.5) is 10.1 Å². The first-order valence-electron chi connectivity index (χ1n) is 7.16. The normalized spacial score (nSPS) is 11.0. The first-order chi connectivity index (χ1) is 11.8. The maximum atomic E-state index is 12.9. The molecule has 8 nitrogen and oxygen atoms in total. The number of hydrogen-bond acceptors (Lipinski definition) is 4. The van der Waals surface area contributed by atoms with Gasteiger partial charge in [-0.05, 0) is 40.2 Å². The molecule has 1 aromatic carbocycles. The molecule has 25 heavy (non-hydrogen) atoms. The lowest BCUT2D eigenvalue weighted by Gasteiger charge is -2.08. The number of aromatic nitrogens is 4. The van der Waals surface area contributed by atoms with E-state index >= 15 is 0 Å². The van der Waals surface area contributed by atoms with Crippen LogP contribution in [0.2, 0.25) is 0 Å². The monoisotopic (exact) mass is 409 g/mol. The van der Waals surface area contributed by atoms with E-state index in [9.17, 15) is 18.8 Å². The number of nitrogens with one attached hydrogen (secondary N) is 1. The quantitative estimate of drug-likeness (QED) is 0.652. The standard InChI is InChI=1S/C15H13BrFN5O3/c1-20-12-11(13(24)21(2)15(20)25)22(14(16)19-12)7-10(23)18-9-5-3-8(17)4-6-9/h3-6H,7H2,1-2H3,(H,18,23). The van der Waals surface area contributed by atoms with Crippen LogP contribution >= 0.6 is 15.9 Å². The molecule has 3 rings (SSSR count). The van der Waals surface area contributed by atoms with Crippen LogP contribution in [0, 0.1) is 5.82 Å². The van der Waals surface area contributed by atoms with Crippen molar-refractivity contribution in [1.82, 2.24) is 18.7 Å². The molecule has 2 heterocycles. The number of anilines is 1. The van der Waals surface area contributed by atoms with Gasteiger partial charge in [0.2, 0.25) is 5.91 Å². The van der Waals surface area contributed by atoms with Crippen molar-refractivity contribution in [3.05, 3.63) is 55.7 Å². The Kier molecular flexibility index (Phi) is 4.29. The molecule has 0 aliphatic carbocycles. The van der Waals surface area contributed by atoms with Crippen LogP contribution in [0.25, 0.3) is 11.2 Å². The summed E-state index contributed by atoms with van der Waals surface area (Å²) in [4.78, 5) is 40.8. The Labute approximate surface area is 148 Å². The lowest BCUT2D eigenvalue weighted by atomic mass is 10.3. The van der Waals surface area contributed by atoms with E-state index in [0.29, 0.717) is 5.69 Å².